The molecule has 1 saturated heterocycles. The van der Waals surface area contributed by atoms with Gasteiger partial charge in [0.2, 0.25) is 0 Å². The van der Waals surface area contributed by atoms with Crippen LogP contribution >= 0.6 is 7.75 Å². The van der Waals surface area contributed by atoms with E-state index in [0.29, 0.717) is 0 Å². The second kappa shape index (κ2) is 9.34. The Morgan fingerprint density at radius 3 is 2.54 bits per heavy atom. The number of esters is 1. The highest BCUT2D eigenvalue weighted by atomic mass is 31.2. The maximum Gasteiger partial charge on any atom is 0.459 e. The molecule has 190 valence electrons. The highest BCUT2D eigenvalue weighted by molar-refractivity contribution is 7.52. The number of aliphatic hydroxyl groups is 1. The largest absolute Gasteiger partial charge is 0.462 e. The smallest absolute Gasteiger partial charge is 0.459 e. The molecule has 1 aromatic carbocycles. The van der Waals surface area contributed by atoms with Crippen LogP contribution in [0.15, 0.2) is 47.4 Å². The summed E-state index contributed by atoms with van der Waals surface area (Å²) in [5.74, 6) is -0.440. The van der Waals surface area contributed by atoms with Crippen molar-refractivity contribution in [1.82, 2.24) is 14.6 Å². The summed E-state index contributed by atoms with van der Waals surface area (Å²) in [7, 11) is -4.26. The fraction of sp³-hybridized carbons (Fsp3) is 0.476. The number of nitrogens with zero attached hydrogens (tertiary/aromatic N) is 2. The lowest BCUT2D eigenvalue weighted by Gasteiger charge is -2.27. The van der Waals surface area contributed by atoms with Gasteiger partial charge < -0.3 is 30.6 Å². The first-order chi connectivity index (χ1) is 16.4. The molecular weight excluding hydrogens is 481 g/mol. The van der Waals surface area contributed by atoms with Crippen molar-refractivity contribution in [3.8, 4) is 5.75 Å². The predicted molar refractivity (Wildman–Crippen MR) is 123 cm³/mol. The molecule has 0 bridgehead atoms. The number of carbonyl (C=O) groups excluding carboxylic acids is 1. The first-order valence-electron chi connectivity index (χ1n) is 10.9. The zero-order valence-electron chi connectivity index (χ0n) is 19.3. The molecule has 2 fully saturated rings. The Bertz CT molecular complexity index is 1190. The van der Waals surface area contributed by atoms with Crippen molar-refractivity contribution in [2.24, 2.45) is 5.73 Å². The molecule has 14 heteroatoms. The number of benzene rings is 1. The summed E-state index contributed by atoms with van der Waals surface area (Å²) in [5.41, 5.74) is 9.24. The van der Waals surface area contributed by atoms with Gasteiger partial charge in [-0.25, -0.2) is 9.36 Å². The second-order valence-electron chi connectivity index (χ2n) is 8.67. The molecule has 2 aromatic rings. The number of nitrogens with one attached hydrogen (secondary N) is 1. The standard InChI is InChI=1S/C21H28N5O8P/c1-11(2)31-19(27)12(3)25-35(30,33-13-7-5-4-6-8-13)34-17-16-21(17,29)15(23)18(32-16)26-10-9-14(22)24-20(26)28/h4-12,15-18,29H,23H2,1-3H3,(H,25,30)(H2,22,24,28)/t12-,15-,16+,17?,18+,21-,35-/m0/s1. The molecular formula is C21H28N5O8P. The van der Waals surface area contributed by atoms with Gasteiger partial charge in [-0.3, -0.25) is 13.9 Å². The Labute approximate surface area is 200 Å². The van der Waals surface area contributed by atoms with Gasteiger partial charge in [-0.15, -0.1) is 0 Å². The summed E-state index contributed by atoms with van der Waals surface area (Å²) < 4.78 is 37.0. The molecule has 1 unspecified atom stereocenters. The minimum atomic E-state index is -4.26. The van der Waals surface area contributed by atoms with Crippen LogP contribution in [-0.4, -0.2) is 56.6 Å². The summed E-state index contributed by atoms with van der Waals surface area (Å²) in [5, 5.41) is 13.7. The van der Waals surface area contributed by atoms with Crippen LogP contribution in [0.4, 0.5) is 5.82 Å². The third-order valence-corrected chi connectivity index (χ3v) is 7.27. The zero-order valence-corrected chi connectivity index (χ0v) is 20.2. The number of aromatic nitrogens is 2. The van der Waals surface area contributed by atoms with Crippen molar-refractivity contribution in [3.63, 3.8) is 0 Å². The van der Waals surface area contributed by atoms with Gasteiger partial charge in [0.05, 0.1) is 12.1 Å². The minimum Gasteiger partial charge on any atom is -0.462 e. The van der Waals surface area contributed by atoms with Gasteiger partial charge >= 0.3 is 19.4 Å². The molecule has 6 N–H and O–H groups in total. The molecule has 13 nitrogen and oxygen atoms in total. The summed E-state index contributed by atoms with van der Waals surface area (Å²) in [6.07, 6.45) is -2.26. The Morgan fingerprint density at radius 2 is 1.97 bits per heavy atom. The maximum atomic E-state index is 13.7. The highest BCUT2D eigenvalue weighted by Crippen LogP contribution is 2.60. The highest BCUT2D eigenvalue weighted by Gasteiger charge is 2.78. The minimum absolute atomic E-state index is 0.0260. The van der Waals surface area contributed by atoms with E-state index in [1.54, 1.807) is 44.2 Å². The molecule has 1 aliphatic heterocycles. The van der Waals surface area contributed by atoms with E-state index in [4.69, 9.17) is 30.0 Å². The molecule has 2 heterocycles. The van der Waals surface area contributed by atoms with Gasteiger partial charge in [0.25, 0.3) is 0 Å². The molecule has 0 spiro atoms. The van der Waals surface area contributed by atoms with Gasteiger partial charge in [-0.1, -0.05) is 18.2 Å². The van der Waals surface area contributed by atoms with Crippen LogP contribution in [0, 0.1) is 0 Å². The Morgan fingerprint density at radius 1 is 1.29 bits per heavy atom. The van der Waals surface area contributed by atoms with Crippen molar-refractivity contribution in [2.75, 3.05) is 5.73 Å². The number of fused-ring (bicyclic) bond motifs is 1. The van der Waals surface area contributed by atoms with Crippen molar-refractivity contribution in [3.05, 3.63) is 53.1 Å². The Balaban J connectivity index is 1.52. The van der Waals surface area contributed by atoms with Crippen LogP contribution in [0.5, 0.6) is 5.75 Å². The first-order valence-corrected chi connectivity index (χ1v) is 12.5. The molecule has 4 rings (SSSR count). The molecule has 1 aliphatic carbocycles. The summed E-state index contributed by atoms with van der Waals surface area (Å²) >= 11 is 0. The van der Waals surface area contributed by atoms with E-state index >= 15 is 0 Å². The third kappa shape index (κ3) is 4.96. The SMILES string of the molecule is CC(C)OC(=O)[C@H](C)N[P@](=O)(Oc1ccccc1)OC1[C@H]2O[C@@H](n3ccc(N)nc3=O)[C@H](N)[C@@]12O. The van der Waals surface area contributed by atoms with E-state index < -0.39 is 55.5 Å². The van der Waals surface area contributed by atoms with Crippen molar-refractivity contribution in [1.29, 1.82) is 0 Å². The zero-order chi connectivity index (χ0) is 25.5. The molecule has 1 saturated carbocycles. The van der Waals surface area contributed by atoms with E-state index in [1.807, 2.05) is 0 Å². The maximum absolute atomic E-state index is 13.7. The van der Waals surface area contributed by atoms with Crippen LogP contribution in [0.25, 0.3) is 0 Å². The van der Waals surface area contributed by atoms with E-state index in [2.05, 4.69) is 10.1 Å². The van der Waals surface area contributed by atoms with Crippen molar-refractivity contribution >= 4 is 19.5 Å². The average molecular weight is 509 g/mol. The number of para-hydroxylation sites is 1. The van der Waals surface area contributed by atoms with Gasteiger partial charge in [0, 0.05) is 6.20 Å². The fourth-order valence-electron chi connectivity index (χ4n) is 3.82. The molecule has 7 atom stereocenters. The van der Waals surface area contributed by atoms with Gasteiger partial charge in [0.15, 0.2) is 6.23 Å². The van der Waals surface area contributed by atoms with Crippen LogP contribution in [0.1, 0.15) is 27.0 Å². The Hall–Kier alpha value is -2.80. The molecule has 0 radical (unpaired) electrons. The summed E-state index contributed by atoms with van der Waals surface area (Å²) in [6, 6.07) is 7.37. The van der Waals surface area contributed by atoms with E-state index in [1.165, 1.54) is 19.2 Å². The number of ether oxygens (including phenoxy) is 2. The van der Waals surface area contributed by atoms with Gasteiger partial charge in [-0.2, -0.15) is 10.1 Å². The van der Waals surface area contributed by atoms with Crippen molar-refractivity contribution in [2.45, 2.75) is 63.0 Å². The number of carbonyl (C=O) groups is 1. The number of nitrogens with two attached hydrogens (primary N) is 2. The molecule has 0 amide bonds. The number of anilines is 1. The van der Waals surface area contributed by atoms with Crippen LogP contribution in [0.2, 0.25) is 0 Å². The lowest BCUT2D eigenvalue weighted by Crippen LogP contribution is -2.47. The monoisotopic (exact) mass is 509 g/mol. The van der Waals surface area contributed by atoms with Crippen LogP contribution < -0.4 is 26.8 Å². The van der Waals surface area contributed by atoms with Gasteiger partial charge in [0.1, 0.15) is 35.4 Å². The van der Waals surface area contributed by atoms with E-state index in [-0.39, 0.29) is 17.7 Å². The first kappa shape index (κ1) is 25.3. The number of nitrogen functional groups attached to an aromatic ring is 1. The third-order valence-electron chi connectivity index (χ3n) is 5.61. The Kier molecular flexibility index (Phi) is 6.75. The second-order valence-corrected chi connectivity index (χ2v) is 10.3. The summed E-state index contributed by atoms with van der Waals surface area (Å²) in [6.45, 7) is 4.80. The topological polar surface area (TPSA) is 190 Å². The van der Waals surface area contributed by atoms with E-state index in [0.717, 1.165) is 4.57 Å². The van der Waals surface area contributed by atoms with E-state index in [9.17, 15) is 19.3 Å². The van der Waals surface area contributed by atoms with Crippen molar-refractivity contribution < 1.29 is 33.0 Å². The van der Waals surface area contributed by atoms with Crippen LogP contribution in [0.3, 0.4) is 0 Å². The average Bonchev–Trinajstić information content (AvgIpc) is 3.22. The molecule has 35 heavy (non-hydrogen) atoms. The lowest BCUT2D eigenvalue weighted by atomic mass is 10.1. The molecule has 2 aliphatic rings. The summed E-state index contributed by atoms with van der Waals surface area (Å²) in [4.78, 5) is 28.1. The van der Waals surface area contributed by atoms with Crippen LogP contribution in [-0.2, 0) is 23.4 Å². The predicted octanol–water partition coefficient (Wildman–Crippen LogP) is 0.297. The lowest BCUT2D eigenvalue weighted by molar-refractivity contribution is -0.149. The number of hydrogen-bond donors (Lipinski definition) is 4. The fourth-order valence-corrected chi connectivity index (χ4v) is 5.54. The molecule has 1 aromatic heterocycles. The number of rotatable bonds is 9. The quantitative estimate of drug-likeness (QED) is 0.267. The number of hydrogen-bond acceptors (Lipinski definition) is 11. The normalized spacial score (nSPS) is 29.8. The van der Waals surface area contributed by atoms with Gasteiger partial charge in [-0.05, 0) is 39.0 Å².